The van der Waals surface area contributed by atoms with Gasteiger partial charge in [0.25, 0.3) is 17.7 Å². The molecular weight excluding hydrogens is 400 g/mol. The Morgan fingerprint density at radius 3 is 1.97 bits per heavy atom. The monoisotopic (exact) mass is 428 g/mol. The van der Waals surface area contributed by atoms with Crippen molar-refractivity contribution in [1.82, 2.24) is 15.7 Å². The lowest BCUT2D eigenvalue weighted by molar-refractivity contribution is -0.140. The SMILES string of the molecule is CNC(=O)C(C(=O)NO)N(C)C(=O)c1ccc(CCc2ccc(NCCO)cc2)cc1. The molecule has 0 aliphatic carbocycles. The summed E-state index contributed by atoms with van der Waals surface area (Å²) in [5.41, 5.74) is 4.90. The van der Waals surface area contributed by atoms with Gasteiger partial charge in [-0.05, 0) is 48.2 Å². The molecule has 166 valence electrons. The van der Waals surface area contributed by atoms with E-state index >= 15 is 0 Å². The van der Waals surface area contributed by atoms with Crippen LogP contribution in [0.1, 0.15) is 21.5 Å². The Morgan fingerprint density at radius 1 is 0.935 bits per heavy atom. The summed E-state index contributed by atoms with van der Waals surface area (Å²) in [5.74, 6) is -2.23. The fourth-order valence-electron chi connectivity index (χ4n) is 3.08. The third kappa shape index (κ3) is 6.53. The number of rotatable bonds is 10. The Labute approximate surface area is 181 Å². The molecule has 1 atom stereocenters. The maximum absolute atomic E-state index is 12.7. The molecule has 0 aromatic heterocycles. The van der Waals surface area contributed by atoms with Crippen LogP contribution in [0.4, 0.5) is 5.69 Å². The number of benzene rings is 2. The second kappa shape index (κ2) is 11.7. The molecule has 0 saturated heterocycles. The van der Waals surface area contributed by atoms with Gasteiger partial charge in [0.15, 0.2) is 6.04 Å². The Balaban J connectivity index is 1.99. The molecule has 0 spiro atoms. The number of aryl methyl sites for hydroxylation is 2. The Bertz CT molecular complexity index is 868. The van der Waals surface area contributed by atoms with Crippen molar-refractivity contribution in [2.75, 3.05) is 32.6 Å². The van der Waals surface area contributed by atoms with Crippen LogP contribution in [0.3, 0.4) is 0 Å². The summed E-state index contributed by atoms with van der Waals surface area (Å²) in [6.45, 7) is 0.589. The molecule has 5 N–H and O–H groups in total. The average molecular weight is 428 g/mol. The van der Waals surface area contributed by atoms with Crippen LogP contribution in [0, 0.1) is 0 Å². The van der Waals surface area contributed by atoms with Crippen molar-refractivity contribution in [3.63, 3.8) is 0 Å². The first-order valence-corrected chi connectivity index (χ1v) is 9.86. The number of anilines is 1. The number of aliphatic hydroxyl groups excluding tert-OH is 1. The number of nitrogens with zero attached hydrogens (tertiary/aromatic N) is 1. The fourth-order valence-corrected chi connectivity index (χ4v) is 3.08. The summed E-state index contributed by atoms with van der Waals surface area (Å²) >= 11 is 0. The zero-order chi connectivity index (χ0) is 22.8. The molecule has 3 amide bonds. The van der Waals surface area contributed by atoms with Gasteiger partial charge >= 0.3 is 0 Å². The van der Waals surface area contributed by atoms with E-state index in [1.54, 1.807) is 12.1 Å². The van der Waals surface area contributed by atoms with Crippen molar-refractivity contribution in [2.24, 2.45) is 0 Å². The van der Waals surface area contributed by atoms with Crippen LogP contribution < -0.4 is 16.1 Å². The molecule has 2 rings (SSSR count). The highest BCUT2D eigenvalue weighted by atomic mass is 16.5. The molecule has 9 nitrogen and oxygen atoms in total. The van der Waals surface area contributed by atoms with Crippen LogP contribution in [0.2, 0.25) is 0 Å². The highest BCUT2D eigenvalue weighted by molar-refractivity contribution is 6.08. The summed E-state index contributed by atoms with van der Waals surface area (Å²) < 4.78 is 0. The Hall–Kier alpha value is -3.43. The molecule has 9 heteroatoms. The van der Waals surface area contributed by atoms with Crippen molar-refractivity contribution in [1.29, 1.82) is 0 Å². The van der Waals surface area contributed by atoms with E-state index in [1.807, 2.05) is 36.4 Å². The van der Waals surface area contributed by atoms with Gasteiger partial charge in [0, 0.05) is 31.9 Å². The number of likely N-dealkylation sites (N-methyl/N-ethyl adjacent to an activating group) is 2. The smallest absolute Gasteiger partial charge is 0.275 e. The van der Waals surface area contributed by atoms with Gasteiger partial charge in [-0.2, -0.15) is 0 Å². The van der Waals surface area contributed by atoms with E-state index < -0.39 is 23.8 Å². The first kappa shape index (κ1) is 23.8. The highest BCUT2D eigenvalue weighted by Crippen LogP contribution is 2.14. The summed E-state index contributed by atoms with van der Waals surface area (Å²) in [6, 6.07) is 13.5. The minimum Gasteiger partial charge on any atom is -0.395 e. The molecular formula is C22H28N4O5. The second-order valence-corrected chi connectivity index (χ2v) is 6.95. The minimum atomic E-state index is -1.49. The van der Waals surface area contributed by atoms with E-state index in [4.69, 9.17) is 10.3 Å². The van der Waals surface area contributed by atoms with Crippen LogP contribution >= 0.6 is 0 Å². The second-order valence-electron chi connectivity index (χ2n) is 6.95. The zero-order valence-corrected chi connectivity index (χ0v) is 17.6. The molecule has 1 unspecified atom stereocenters. The molecule has 2 aromatic rings. The topological polar surface area (TPSA) is 131 Å². The van der Waals surface area contributed by atoms with E-state index in [1.165, 1.54) is 19.6 Å². The number of nitrogens with one attached hydrogen (secondary N) is 3. The lowest BCUT2D eigenvalue weighted by Gasteiger charge is -2.25. The van der Waals surface area contributed by atoms with E-state index in [0.29, 0.717) is 12.1 Å². The Kier molecular flexibility index (Phi) is 8.98. The first-order chi connectivity index (χ1) is 14.9. The number of aliphatic hydroxyl groups is 1. The third-order valence-corrected chi connectivity index (χ3v) is 4.86. The van der Waals surface area contributed by atoms with Crippen molar-refractivity contribution in [3.8, 4) is 0 Å². The molecule has 0 aliphatic rings. The average Bonchev–Trinajstić information content (AvgIpc) is 2.81. The predicted molar refractivity (Wildman–Crippen MR) is 116 cm³/mol. The zero-order valence-electron chi connectivity index (χ0n) is 17.6. The molecule has 0 heterocycles. The van der Waals surface area contributed by atoms with Crippen LogP contribution in [0.25, 0.3) is 0 Å². The maximum atomic E-state index is 12.7. The normalized spacial score (nSPS) is 11.4. The number of carbonyl (C=O) groups is 3. The third-order valence-electron chi connectivity index (χ3n) is 4.86. The van der Waals surface area contributed by atoms with Crippen molar-refractivity contribution < 1.29 is 24.7 Å². The van der Waals surface area contributed by atoms with Gasteiger partial charge < -0.3 is 20.6 Å². The van der Waals surface area contributed by atoms with Crippen LogP contribution in [-0.2, 0) is 22.4 Å². The quantitative estimate of drug-likeness (QED) is 0.214. The number of carbonyl (C=O) groups excluding carboxylic acids is 3. The van der Waals surface area contributed by atoms with Gasteiger partial charge in [-0.3, -0.25) is 19.6 Å². The molecule has 0 radical (unpaired) electrons. The van der Waals surface area contributed by atoms with Crippen molar-refractivity contribution in [2.45, 2.75) is 18.9 Å². The minimum absolute atomic E-state index is 0.0805. The number of amides is 3. The van der Waals surface area contributed by atoms with Gasteiger partial charge in [0.05, 0.1) is 6.61 Å². The van der Waals surface area contributed by atoms with Crippen molar-refractivity contribution >= 4 is 23.4 Å². The van der Waals surface area contributed by atoms with Crippen LogP contribution in [0.15, 0.2) is 48.5 Å². The van der Waals surface area contributed by atoms with E-state index in [0.717, 1.165) is 34.6 Å². The molecule has 0 saturated carbocycles. The predicted octanol–water partition coefficient (Wildman–Crippen LogP) is 0.568. The summed E-state index contributed by atoms with van der Waals surface area (Å²) in [5, 5.41) is 23.1. The lowest BCUT2D eigenvalue weighted by Crippen LogP contribution is -2.54. The van der Waals surface area contributed by atoms with Gasteiger partial charge in [-0.25, -0.2) is 5.48 Å². The van der Waals surface area contributed by atoms with E-state index in [9.17, 15) is 14.4 Å². The number of hydroxylamine groups is 1. The summed E-state index contributed by atoms with van der Waals surface area (Å²) in [6.07, 6.45) is 1.60. The lowest BCUT2D eigenvalue weighted by atomic mass is 10.0. The first-order valence-electron chi connectivity index (χ1n) is 9.86. The van der Waals surface area contributed by atoms with E-state index in [-0.39, 0.29) is 6.61 Å². The van der Waals surface area contributed by atoms with Crippen LogP contribution in [-0.4, -0.2) is 66.2 Å². The largest absolute Gasteiger partial charge is 0.395 e. The number of hydrogen-bond acceptors (Lipinski definition) is 6. The molecule has 0 bridgehead atoms. The molecule has 0 fully saturated rings. The number of hydrogen-bond donors (Lipinski definition) is 5. The Morgan fingerprint density at radius 2 is 1.48 bits per heavy atom. The summed E-state index contributed by atoms with van der Waals surface area (Å²) in [4.78, 5) is 37.4. The van der Waals surface area contributed by atoms with Gasteiger partial charge in [-0.15, -0.1) is 0 Å². The van der Waals surface area contributed by atoms with Crippen LogP contribution in [0.5, 0.6) is 0 Å². The van der Waals surface area contributed by atoms with Gasteiger partial charge in [0.1, 0.15) is 0 Å². The highest BCUT2D eigenvalue weighted by Gasteiger charge is 2.33. The maximum Gasteiger partial charge on any atom is 0.275 e. The standard InChI is InChI=1S/C22H28N4O5/c1-23-20(28)19(21(29)25-31)26(2)22(30)17-9-5-15(6-10-17)3-4-16-7-11-18(12-8-16)24-13-14-27/h5-12,19,24,27,31H,3-4,13-14H2,1-2H3,(H,23,28)(H,25,29). The van der Waals surface area contributed by atoms with Gasteiger partial charge in [0.2, 0.25) is 0 Å². The van der Waals surface area contributed by atoms with Gasteiger partial charge in [-0.1, -0.05) is 24.3 Å². The van der Waals surface area contributed by atoms with E-state index in [2.05, 4.69) is 10.6 Å². The summed E-state index contributed by atoms with van der Waals surface area (Å²) in [7, 11) is 2.66. The fraction of sp³-hybridized carbons (Fsp3) is 0.318. The van der Waals surface area contributed by atoms with Crippen molar-refractivity contribution in [3.05, 3.63) is 65.2 Å². The molecule has 2 aromatic carbocycles. The molecule has 31 heavy (non-hydrogen) atoms. The molecule has 0 aliphatic heterocycles.